The number of morpholine rings is 1. The molecule has 1 heterocycles. The molecule has 6 nitrogen and oxygen atoms in total. The van der Waals surface area contributed by atoms with Crippen LogP contribution in [0.25, 0.3) is 0 Å². The van der Waals surface area contributed by atoms with Gasteiger partial charge in [-0.05, 0) is 24.6 Å². The Morgan fingerprint density at radius 1 is 1.25 bits per heavy atom. The molecule has 0 saturated carbocycles. The smallest absolute Gasteiger partial charge is 0.226 e. The molecule has 2 amide bonds. The molecule has 0 radical (unpaired) electrons. The number of amides is 2. The van der Waals surface area contributed by atoms with Crippen LogP contribution < -0.4 is 5.32 Å². The predicted molar refractivity (Wildman–Crippen MR) is 93.9 cm³/mol. The Morgan fingerprint density at radius 3 is 2.67 bits per heavy atom. The van der Waals surface area contributed by atoms with Gasteiger partial charge in [0.05, 0.1) is 13.2 Å². The van der Waals surface area contributed by atoms with Gasteiger partial charge in [-0.25, -0.2) is 0 Å². The van der Waals surface area contributed by atoms with Crippen molar-refractivity contribution in [3.63, 3.8) is 0 Å². The number of rotatable bonds is 7. The van der Waals surface area contributed by atoms with Gasteiger partial charge in [0, 0.05) is 51.8 Å². The fourth-order valence-electron chi connectivity index (χ4n) is 2.70. The topological polar surface area (TPSA) is 61.9 Å². The van der Waals surface area contributed by atoms with Crippen LogP contribution in [0.5, 0.6) is 0 Å². The number of aryl methyl sites for hydroxylation is 1. The minimum absolute atomic E-state index is 0.00612. The van der Waals surface area contributed by atoms with Gasteiger partial charge in [0.2, 0.25) is 11.8 Å². The van der Waals surface area contributed by atoms with Gasteiger partial charge in [-0.1, -0.05) is 12.1 Å². The zero-order chi connectivity index (χ0) is 17.4. The molecule has 1 N–H and O–H groups in total. The maximum atomic E-state index is 12.1. The van der Waals surface area contributed by atoms with E-state index in [1.54, 1.807) is 11.8 Å². The van der Waals surface area contributed by atoms with Crippen LogP contribution in [-0.2, 0) is 14.3 Å². The molecular weight excluding hydrogens is 306 g/mol. The van der Waals surface area contributed by atoms with Crippen LogP contribution in [0.1, 0.15) is 18.9 Å². The molecule has 0 aliphatic carbocycles. The van der Waals surface area contributed by atoms with Crippen molar-refractivity contribution in [2.24, 2.45) is 0 Å². The number of nitrogens with one attached hydrogen (secondary N) is 1. The fourth-order valence-corrected chi connectivity index (χ4v) is 2.70. The number of benzene rings is 1. The zero-order valence-corrected chi connectivity index (χ0v) is 14.6. The largest absolute Gasteiger partial charge is 0.379 e. The van der Waals surface area contributed by atoms with Crippen LogP contribution in [0.15, 0.2) is 24.3 Å². The zero-order valence-electron chi connectivity index (χ0n) is 14.6. The normalized spacial score (nSPS) is 15.1. The second kappa shape index (κ2) is 9.39. The van der Waals surface area contributed by atoms with Crippen LogP contribution in [0.2, 0.25) is 0 Å². The van der Waals surface area contributed by atoms with E-state index in [0.29, 0.717) is 19.5 Å². The Hall–Kier alpha value is -1.92. The molecule has 132 valence electrons. The Balaban J connectivity index is 1.75. The van der Waals surface area contributed by atoms with Crippen molar-refractivity contribution in [1.82, 2.24) is 9.80 Å². The summed E-state index contributed by atoms with van der Waals surface area (Å²) in [7, 11) is 0. The summed E-state index contributed by atoms with van der Waals surface area (Å²) in [5.41, 5.74) is 1.89. The van der Waals surface area contributed by atoms with Crippen LogP contribution in [-0.4, -0.2) is 67.6 Å². The van der Waals surface area contributed by atoms with Crippen molar-refractivity contribution in [3.8, 4) is 0 Å². The number of ether oxygens (including phenoxy) is 1. The fraction of sp³-hybridized carbons (Fsp3) is 0.556. The average molecular weight is 333 g/mol. The molecule has 0 spiro atoms. The molecular formula is C18H27N3O3. The maximum absolute atomic E-state index is 12.1. The van der Waals surface area contributed by atoms with Gasteiger partial charge in [-0.15, -0.1) is 0 Å². The molecule has 0 aromatic heterocycles. The Kier molecular flexibility index (Phi) is 7.21. The van der Waals surface area contributed by atoms with Gasteiger partial charge >= 0.3 is 0 Å². The Morgan fingerprint density at radius 2 is 2.00 bits per heavy atom. The number of hydrogen-bond acceptors (Lipinski definition) is 4. The summed E-state index contributed by atoms with van der Waals surface area (Å²) in [5, 5.41) is 2.88. The third-order valence-corrected chi connectivity index (χ3v) is 4.15. The monoisotopic (exact) mass is 333 g/mol. The van der Waals surface area contributed by atoms with E-state index in [-0.39, 0.29) is 11.8 Å². The second-order valence-corrected chi connectivity index (χ2v) is 6.13. The lowest BCUT2D eigenvalue weighted by Crippen LogP contribution is -2.43. The van der Waals surface area contributed by atoms with E-state index in [2.05, 4.69) is 10.2 Å². The molecule has 1 aliphatic heterocycles. The number of carbonyl (C=O) groups is 2. The molecule has 1 fully saturated rings. The first kappa shape index (κ1) is 18.4. The highest BCUT2D eigenvalue weighted by Gasteiger charge is 2.15. The third kappa shape index (κ3) is 6.29. The molecule has 1 aromatic rings. The highest BCUT2D eigenvalue weighted by atomic mass is 16.5. The van der Waals surface area contributed by atoms with Gasteiger partial charge in [0.1, 0.15) is 0 Å². The van der Waals surface area contributed by atoms with E-state index in [4.69, 9.17) is 4.74 Å². The SMILES string of the molecule is CC(=O)N(CCC(=O)Nc1cccc(C)c1)CCN1CCOCC1. The van der Waals surface area contributed by atoms with Gasteiger partial charge in [-0.3, -0.25) is 14.5 Å². The molecule has 1 aliphatic rings. The van der Waals surface area contributed by atoms with Crippen molar-refractivity contribution < 1.29 is 14.3 Å². The predicted octanol–water partition coefficient (Wildman–Crippen LogP) is 1.50. The maximum Gasteiger partial charge on any atom is 0.226 e. The standard InChI is InChI=1S/C18H27N3O3/c1-15-4-3-5-17(14-15)19-18(23)6-7-21(16(2)22)9-8-20-10-12-24-13-11-20/h3-5,14H,6-13H2,1-2H3,(H,19,23). The van der Waals surface area contributed by atoms with Crippen molar-refractivity contribution in [2.75, 3.05) is 51.3 Å². The first-order valence-electron chi connectivity index (χ1n) is 8.47. The van der Waals surface area contributed by atoms with Gasteiger partial charge in [0.15, 0.2) is 0 Å². The summed E-state index contributed by atoms with van der Waals surface area (Å²) >= 11 is 0. The summed E-state index contributed by atoms with van der Waals surface area (Å²) in [5.74, 6) is -0.0650. The molecule has 2 rings (SSSR count). The first-order chi connectivity index (χ1) is 11.5. The molecule has 0 bridgehead atoms. The number of anilines is 1. The summed E-state index contributed by atoms with van der Waals surface area (Å²) in [4.78, 5) is 27.9. The van der Waals surface area contributed by atoms with Crippen LogP contribution in [0, 0.1) is 6.92 Å². The number of carbonyl (C=O) groups excluding carboxylic acids is 2. The van der Waals surface area contributed by atoms with Crippen LogP contribution in [0.4, 0.5) is 5.69 Å². The molecule has 0 unspecified atom stereocenters. The summed E-state index contributed by atoms with van der Waals surface area (Å²) < 4.78 is 5.32. The van der Waals surface area contributed by atoms with Crippen molar-refractivity contribution in [1.29, 1.82) is 0 Å². The summed E-state index contributed by atoms with van der Waals surface area (Å²) in [6.07, 6.45) is 0.302. The van der Waals surface area contributed by atoms with Crippen molar-refractivity contribution in [3.05, 3.63) is 29.8 Å². The Labute approximate surface area is 143 Å². The van der Waals surface area contributed by atoms with Gasteiger partial charge in [0.25, 0.3) is 0 Å². The van der Waals surface area contributed by atoms with E-state index < -0.39 is 0 Å². The van der Waals surface area contributed by atoms with Crippen LogP contribution in [0.3, 0.4) is 0 Å². The number of hydrogen-bond donors (Lipinski definition) is 1. The van der Waals surface area contributed by atoms with E-state index in [9.17, 15) is 9.59 Å². The van der Waals surface area contributed by atoms with Crippen molar-refractivity contribution >= 4 is 17.5 Å². The minimum atomic E-state index is -0.0711. The quantitative estimate of drug-likeness (QED) is 0.821. The minimum Gasteiger partial charge on any atom is -0.379 e. The lowest BCUT2D eigenvalue weighted by atomic mass is 10.2. The first-order valence-corrected chi connectivity index (χ1v) is 8.47. The highest BCUT2D eigenvalue weighted by Crippen LogP contribution is 2.10. The Bertz CT molecular complexity index is 556. The number of nitrogens with zero attached hydrogens (tertiary/aromatic N) is 2. The second-order valence-electron chi connectivity index (χ2n) is 6.13. The molecule has 1 aromatic carbocycles. The summed E-state index contributed by atoms with van der Waals surface area (Å²) in [6, 6.07) is 7.69. The van der Waals surface area contributed by atoms with Crippen LogP contribution >= 0.6 is 0 Å². The molecule has 6 heteroatoms. The molecule has 1 saturated heterocycles. The van der Waals surface area contributed by atoms with Crippen molar-refractivity contribution in [2.45, 2.75) is 20.3 Å². The van der Waals surface area contributed by atoms with E-state index in [1.165, 1.54) is 0 Å². The third-order valence-electron chi connectivity index (χ3n) is 4.15. The lowest BCUT2D eigenvalue weighted by molar-refractivity contribution is -0.129. The molecule has 24 heavy (non-hydrogen) atoms. The summed E-state index contributed by atoms with van der Waals surface area (Å²) in [6.45, 7) is 8.75. The molecule has 0 atom stereocenters. The van der Waals surface area contributed by atoms with E-state index >= 15 is 0 Å². The highest BCUT2D eigenvalue weighted by molar-refractivity contribution is 5.91. The van der Waals surface area contributed by atoms with Gasteiger partial charge < -0.3 is 15.0 Å². The average Bonchev–Trinajstić information content (AvgIpc) is 2.55. The van der Waals surface area contributed by atoms with Gasteiger partial charge in [-0.2, -0.15) is 0 Å². The lowest BCUT2D eigenvalue weighted by Gasteiger charge is -2.29. The van der Waals surface area contributed by atoms with E-state index in [0.717, 1.165) is 44.1 Å². The van der Waals surface area contributed by atoms with E-state index in [1.807, 2.05) is 31.2 Å².